The fraction of sp³-hybridized carbons (Fsp3) is 0.400. The van der Waals surface area contributed by atoms with Crippen molar-refractivity contribution in [3.05, 3.63) is 48.3 Å². The summed E-state index contributed by atoms with van der Waals surface area (Å²) in [6, 6.07) is 9.45. The van der Waals surface area contributed by atoms with Gasteiger partial charge in [0.15, 0.2) is 13.1 Å². The summed E-state index contributed by atoms with van der Waals surface area (Å²) in [5, 5.41) is 2.87. The highest BCUT2D eigenvalue weighted by Crippen LogP contribution is 2.09. The number of anilines is 2. The molecular formula is C20H27N6O2+. The summed E-state index contributed by atoms with van der Waals surface area (Å²) in [7, 11) is 1.86. The van der Waals surface area contributed by atoms with E-state index in [0.717, 1.165) is 16.2 Å². The van der Waals surface area contributed by atoms with Gasteiger partial charge in [-0.2, -0.15) is 0 Å². The second kappa shape index (κ2) is 9.27. The van der Waals surface area contributed by atoms with E-state index < -0.39 is 0 Å². The van der Waals surface area contributed by atoms with Crippen molar-refractivity contribution in [1.29, 1.82) is 0 Å². The van der Waals surface area contributed by atoms with E-state index in [1.807, 2.05) is 43.1 Å². The van der Waals surface area contributed by atoms with Crippen LogP contribution in [-0.4, -0.2) is 73.0 Å². The fourth-order valence-electron chi connectivity index (χ4n) is 3.16. The van der Waals surface area contributed by atoms with Crippen molar-refractivity contribution < 1.29 is 14.5 Å². The summed E-state index contributed by atoms with van der Waals surface area (Å²) < 4.78 is 0. The Labute approximate surface area is 165 Å². The van der Waals surface area contributed by atoms with Crippen LogP contribution in [0.5, 0.6) is 0 Å². The Morgan fingerprint density at radius 2 is 1.68 bits per heavy atom. The van der Waals surface area contributed by atoms with E-state index in [1.165, 1.54) is 0 Å². The third-order valence-electron chi connectivity index (χ3n) is 4.72. The van der Waals surface area contributed by atoms with Crippen molar-refractivity contribution in [2.75, 3.05) is 56.5 Å². The van der Waals surface area contributed by atoms with E-state index in [-0.39, 0.29) is 18.4 Å². The number of hydrogen-bond acceptors (Lipinski definition) is 5. The number of rotatable bonds is 6. The first-order valence-electron chi connectivity index (χ1n) is 9.49. The number of nitrogens with one attached hydrogen (secondary N) is 2. The van der Waals surface area contributed by atoms with Gasteiger partial charge in [-0.15, -0.1) is 0 Å². The second-order valence-corrected chi connectivity index (χ2v) is 7.14. The first-order chi connectivity index (χ1) is 13.5. The SMILES string of the molecule is Cc1ccc(NC(=O)C[NH+](C)CC(=O)N2CCN(c3ncccn3)CC2)cc1. The number of hydrogen-bond donors (Lipinski definition) is 2. The average molecular weight is 383 g/mol. The molecule has 0 radical (unpaired) electrons. The van der Waals surface area contributed by atoms with Crippen molar-refractivity contribution in [3.8, 4) is 0 Å². The Morgan fingerprint density at radius 3 is 2.32 bits per heavy atom. The van der Waals surface area contributed by atoms with Gasteiger partial charge in [0.1, 0.15) is 0 Å². The van der Waals surface area contributed by atoms with Crippen LogP contribution in [-0.2, 0) is 9.59 Å². The van der Waals surface area contributed by atoms with Gasteiger partial charge in [-0.3, -0.25) is 9.59 Å². The predicted molar refractivity (Wildman–Crippen MR) is 107 cm³/mol. The molecule has 0 spiro atoms. The number of aryl methyl sites for hydroxylation is 1. The second-order valence-electron chi connectivity index (χ2n) is 7.14. The number of carbonyl (C=O) groups is 2. The Bertz CT molecular complexity index is 788. The standard InChI is InChI=1S/C20H26N6O2/c1-16-4-6-17(7-5-16)23-18(27)14-24(2)15-19(28)25-10-12-26(13-11-25)20-21-8-3-9-22-20/h3-9H,10-15H2,1-2H3,(H,23,27)/p+1. The Balaban J connectivity index is 1.41. The molecule has 2 aromatic rings. The molecule has 148 valence electrons. The zero-order chi connectivity index (χ0) is 19.9. The van der Waals surface area contributed by atoms with Crippen LogP contribution < -0.4 is 15.1 Å². The summed E-state index contributed by atoms with van der Waals surface area (Å²) >= 11 is 0. The molecule has 2 N–H and O–H groups in total. The van der Waals surface area contributed by atoms with E-state index in [0.29, 0.717) is 38.7 Å². The van der Waals surface area contributed by atoms with Gasteiger partial charge in [0.05, 0.1) is 7.05 Å². The lowest BCUT2D eigenvalue weighted by atomic mass is 10.2. The van der Waals surface area contributed by atoms with Crippen molar-refractivity contribution in [2.45, 2.75) is 6.92 Å². The molecule has 1 atom stereocenters. The molecule has 1 aromatic carbocycles. The molecule has 1 aliphatic heterocycles. The lowest BCUT2D eigenvalue weighted by molar-refractivity contribution is -0.862. The van der Waals surface area contributed by atoms with Crippen LogP contribution >= 0.6 is 0 Å². The number of carbonyl (C=O) groups excluding carboxylic acids is 2. The third-order valence-corrected chi connectivity index (χ3v) is 4.72. The number of piperazine rings is 1. The first-order valence-corrected chi connectivity index (χ1v) is 9.49. The lowest BCUT2D eigenvalue weighted by Crippen LogP contribution is -3.11. The highest BCUT2D eigenvalue weighted by atomic mass is 16.2. The summed E-state index contributed by atoms with van der Waals surface area (Å²) in [4.78, 5) is 38.0. The minimum atomic E-state index is -0.0970. The molecule has 1 fully saturated rings. The van der Waals surface area contributed by atoms with E-state index in [1.54, 1.807) is 18.5 Å². The zero-order valence-corrected chi connectivity index (χ0v) is 16.4. The summed E-state index contributed by atoms with van der Waals surface area (Å²) in [5.41, 5.74) is 1.92. The fourth-order valence-corrected chi connectivity index (χ4v) is 3.16. The number of aromatic nitrogens is 2. The van der Waals surface area contributed by atoms with Crippen molar-refractivity contribution in [1.82, 2.24) is 14.9 Å². The van der Waals surface area contributed by atoms with E-state index in [4.69, 9.17) is 0 Å². The molecule has 28 heavy (non-hydrogen) atoms. The topological polar surface area (TPSA) is 82.9 Å². The number of quaternary nitrogens is 1. The molecule has 0 aliphatic carbocycles. The molecule has 1 aromatic heterocycles. The van der Waals surface area contributed by atoms with Crippen LogP contribution in [0.3, 0.4) is 0 Å². The predicted octanol–water partition coefficient (Wildman–Crippen LogP) is -0.413. The molecular weight excluding hydrogens is 356 g/mol. The smallest absolute Gasteiger partial charge is 0.279 e. The number of nitrogens with zero attached hydrogens (tertiary/aromatic N) is 4. The molecule has 0 saturated carbocycles. The number of likely N-dealkylation sites (N-methyl/N-ethyl adjacent to an activating group) is 1. The van der Waals surface area contributed by atoms with Gasteiger partial charge in [-0.05, 0) is 25.1 Å². The van der Waals surface area contributed by atoms with Crippen LogP contribution in [0.25, 0.3) is 0 Å². The van der Waals surface area contributed by atoms with Crippen LogP contribution in [0.2, 0.25) is 0 Å². The Morgan fingerprint density at radius 1 is 1.04 bits per heavy atom. The number of benzene rings is 1. The number of amides is 2. The maximum Gasteiger partial charge on any atom is 0.279 e. The van der Waals surface area contributed by atoms with Crippen LogP contribution in [0, 0.1) is 6.92 Å². The highest BCUT2D eigenvalue weighted by Gasteiger charge is 2.25. The molecule has 2 heterocycles. The van der Waals surface area contributed by atoms with Gasteiger partial charge in [0.25, 0.3) is 11.8 Å². The van der Waals surface area contributed by atoms with E-state index in [2.05, 4.69) is 20.2 Å². The molecule has 3 rings (SSSR count). The maximum atomic E-state index is 12.6. The zero-order valence-electron chi connectivity index (χ0n) is 16.4. The molecule has 2 amide bonds. The third kappa shape index (κ3) is 5.50. The summed E-state index contributed by atoms with van der Waals surface area (Å²) in [5.74, 6) is 0.666. The Hall–Kier alpha value is -3.00. The molecule has 1 aliphatic rings. The quantitative estimate of drug-likeness (QED) is 0.709. The van der Waals surface area contributed by atoms with Crippen LogP contribution in [0.4, 0.5) is 11.6 Å². The largest absolute Gasteiger partial charge is 0.337 e. The highest BCUT2D eigenvalue weighted by molar-refractivity contribution is 5.91. The molecule has 8 heteroatoms. The molecule has 1 saturated heterocycles. The lowest BCUT2D eigenvalue weighted by Gasteiger charge is -2.34. The van der Waals surface area contributed by atoms with Crippen molar-refractivity contribution in [2.24, 2.45) is 0 Å². The van der Waals surface area contributed by atoms with Gasteiger partial charge in [-0.1, -0.05) is 17.7 Å². The van der Waals surface area contributed by atoms with E-state index >= 15 is 0 Å². The van der Waals surface area contributed by atoms with Gasteiger partial charge in [0, 0.05) is 44.3 Å². The minimum Gasteiger partial charge on any atom is -0.337 e. The van der Waals surface area contributed by atoms with Crippen molar-refractivity contribution >= 4 is 23.5 Å². The Kier molecular flexibility index (Phi) is 6.54. The average Bonchev–Trinajstić information content (AvgIpc) is 2.70. The van der Waals surface area contributed by atoms with E-state index in [9.17, 15) is 9.59 Å². The summed E-state index contributed by atoms with van der Waals surface area (Å²) in [6.45, 7) is 5.24. The van der Waals surface area contributed by atoms with Gasteiger partial charge < -0.3 is 20.0 Å². The molecule has 0 bridgehead atoms. The van der Waals surface area contributed by atoms with Crippen LogP contribution in [0.15, 0.2) is 42.7 Å². The van der Waals surface area contributed by atoms with Gasteiger partial charge in [0.2, 0.25) is 5.95 Å². The monoisotopic (exact) mass is 383 g/mol. The summed E-state index contributed by atoms with van der Waals surface area (Å²) in [6.07, 6.45) is 3.44. The normalized spacial score (nSPS) is 15.2. The first kappa shape index (κ1) is 19.8. The molecule has 1 unspecified atom stereocenters. The van der Waals surface area contributed by atoms with Gasteiger partial charge in [-0.25, -0.2) is 9.97 Å². The maximum absolute atomic E-state index is 12.6. The minimum absolute atomic E-state index is 0.0641. The van der Waals surface area contributed by atoms with Gasteiger partial charge >= 0.3 is 0 Å². The van der Waals surface area contributed by atoms with Crippen LogP contribution in [0.1, 0.15) is 5.56 Å². The van der Waals surface area contributed by atoms with Crippen molar-refractivity contribution in [3.63, 3.8) is 0 Å². The molecule has 8 nitrogen and oxygen atoms in total.